The summed E-state index contributed by atoms with van der Waals surface area (Å²) in [6, 6.07) is 7.39. The fourth-order valence-electron chi connectivity index (χ4n) is 2.84. The molecule has 1 aromatic rings. The summed E-state index contributed by atoms with van der Waals surface area (Å²) in [5.74, 6) is -0.0346. The molecule has 2 fully saturated rings. The van der Waals surface area contributed by atoms with Gasteiger partial charge in [-0.15, -0.1) is 0 Å². The first kappa shape index (κ1) is 15.3. The highest BCUT2D eigenvalue weighted by Crippen LogP contribution is 2.27. The van der Waals surface area contributed by atoms with E-state index in [0.717, 1.165) is 38.5 Å². The molecule has 2 aliphatic rings. The van der Waals surface area contributed by atoms with Gasteiger partial charge >= 0.3 is 0 Å². The van der Waals surface area contributed by atoms with Crippen molar-refractivity contribution in [3.63, 3.8) is 0 Å². The second-order valence-corrected chi connectivity index (χ2v) is 7.76. The van der Waals surface area contributed by atoms with Crippen LogP contribution < -0.4 is 4.72 Å². The highest BCUT2D eigenvalue weighted by molar-refractivity contribution is 7.92. The molecule has 7 heteroatoms. The molecule has 6 nitrogen and oxygen atoms in total. The van der Waals surface area contributed by atoms with Crippen molar-refractivity contribution < 1.29 is 13.2 Å². The average molecular weight is 323 g/mol. The van der Waals surface area contributed by atoms with E-state index >= 15 is 0 Å². The Hall–Kier alpha value is -1.60. The number of amides is 1. The second-order valence-electron chi connectivity index (χ2n) is 6.01. The Kier molecular flexibility index (Phi) is 4.10. The lowest BCUT2D eigenvalue weighted by Crippen LogP contribution is -2.49. The van der Waals surface area contributed by atoms with Gasteiger partial charge in [-0.05, 0) is 31.0 Å². The Morgan fingerprint density at radius 1 is 1.18 bits per heavy atom. The van der Waals surface area contributed by atoms with Gasteiger partial charge in [0, 0.05) is 43.5 Å². The number of sulfonamides is 1. The molecule has 1 aromatic carbocycles. The Labute approximate surface area is 131 Å². The number of hydrogen-bond donors (Lipinski definition) is 1. The molecule has 1 saturated carbocycles. The fraction of sp³-hybridized carbons (Fsp3) is 0.533. The third-order valence-corrected chi connectivity index (χ3v) is 4.68. The number of nitrogens with one attached hydrogen (secondary N) is 1. The first-order chi connectivity index (χ1) is 10.4. The Morgan fingerprint density at radius 2 is 1.86 bits per heavy atom. The summed E-state index contributed by atoms with van der Waals surface area (Å²) in [6.45, 7) is 3.33. The van der Waals surface area contributed by atoms with Gasteiger partial charge in [0.2, 0.25) is 10.0 Å². The monoisotopic (exact) mass is 323 g/mol. The van der Waals surface area contributed by atoms with E-state index in [-0.39, 0.29) is 5.91 Å². The second kappa shape index (κ2) is 5.89. The predicted octanol–water partition coefficient (Wildman–Crippen LogP) is 0.978. The van der Waals surface area contributed by atoms with Crippen molar-refractivity contribution in [3.05, 3.63) is 29.8 Å². The van der Waals surface area contributed by atoms with E-state index in [4.69, 9.17) is 0 Å². The number of benzene rings is 1. The van der Waals surface area contributed by atoms with Crippen LogP contribution in [0.15, 0.2) is 24.3 Å². The SMILES string of the molecule is CS(=O)(=O)Nc1cccc(C(=O)N2CCN(C3CC3)CC2)c1. The summed E-state index contributed by atoms with van der Waals surface area (Å²) < 4.78 is 25.0. The minimum Gasteiger partial charge on any atom is -0.336 e. The van der Waals surface area contributed by atoms with Crippen molar-refractivity contribution in [2.75, 3.05) is 37.2 Å². The quantitative estimate of drug-likeness (QED) is 0.897. The molecule has 1 amide bonds. The zero-order valence-corrected chi connectivity index (χ0v) is 13.5. The molecule has 0 unspecified atom stereocenters. The number of rotatable bonds is 4. The van der Waals surface area contributed by atoms with Crippen LogP contribution in [0.1, 0.15) is 23.2 Å². The molecule has 1 N–H and O–H groups in total. The van der Waals surface area contributed by atoms with Gasteiger partial charge in [0.05, 0.1) is 6.26 Å². The first-order valence-corrected chi connectivity index (χ1v) is 9.43. The van der Waals surface area contributed by atoms with Crippen LogP contribution in [0.5, 0.6) is 0 Å². The Balaban J connectivity index is 1.65. The van der Waals surface area contributed by atoms with Gasteiger partial charge in [-0.2, -0.15) is 0 Å². The third kappa shape index (κ3) is 3.78. The summed E-state index contributed by atoms with van der Waals surface area (Å²) in [4.78, 5) is 16.8. The van der Waals surface area contributed by atoms with Crippen molar-refractivity contribution in [2.45, 2.75) is 18.9 Å². The van der Waals surface area contributed by atoms with E-state index in [1.54, 1.807) is 24.3 Å². The van der Waals surface area contributed by atoms with Crippen molar-refractivity contribution in [1.29, 1.82) is 0 Å². The summed E-state index contributed by atoms with van der Waals surface area (Å²) in [5.41, 5.74) is 0.943. The third-order valence-electron chi connectivity index (χ3n) is 4.08. The standard InChI is InChI=1S/C15H21N3O3S/c1-22(20,21)16-13-4-2-3-12(11-13)15(19)18-9-7-17(8-10-18)14-5-6-14/h2-4,11,14,16H,5-10H2,1H3. The molecule has 1 heterocycles. The van der Waals surface area contributed by atoms with E-state index < -0.39 is 10.0 Å². The van der Waals surface area contributed by atoms with Gasteiger partial charge in [0.1, 0.15) is 0 Å². The molecule has 0 spiro atoms. The molecule has 0 atom stereocenters. The summed E-state index contributed by atoms with van der Waals surface area (Å²) in [7, 11) is -3.34. The van der Waals surface area contributed by atoms with Crippen LogP contribution >= 0.6 is 0 Å². The van der Waals surface area contributed by atoms with E-state index in [1.807, 2.05) is 4.90 Å². The maximum atomic E-state index is 12.5. The molecule has 0 radical (unpaired) electrons. The molecule has 1 saturated heterocycles. The Bertz CT molecular complexity index is 662. The molecule has 0 aromatic heterocycles. The highest BCUT2D eigenvalue weighted by Gasteiger charge is 2.32. The average Bonchev–Trinajstić information content (AvgIpc) is 3.30. The number of carbonyl (C=O) groups is 1. The van der Waals surface area contributed by atoms with Crippen molar-refractivity contribution >= 4 is 21.6 Å². The van der Waals surface area contributed by atoms with Crippen LogP contribution in [0.2, 0.25) is 0 Å². The molecule has 22 heavy (non-hydrogen) atoms. The highest BCUT2D eigenvalue weighted by atomic mass is 32.2. The lowest BCUT2D eigenvalue weighted by atomic mass is 10.1. The lowest BCUT2D eigenvalue weighted by Gasteiger charge is -2.34. The minimum atomic E-state index is -3.34. The van der Waals surface area contributed by atoms with Gasteiger partial charge in [0.25, 0.3) is 5.91 Å². The predicted molar refractivity (Wildman–Crippen MR) is 85.4 cm³/mol. The van der Waals surface area contributed by atoms with Crippen LogP contribution in [0, 0.1) is 0 Å². The summed E-state index contributed by atoms with van der Waals surface area (Å²) in [6.07, 6.45) is 3.67. The molecule has 0 bridgehead atoms. The van der Waals surface area contributed by atoms with Gasteiger partial charge in [-0.25, -0.2) is 8.42 Å². The van der Waals surface area contributed by atoms with Gasteiger partial charge < -0.3 is 4.90 Å². The number of hydrogen-bond acceptors (Lipinski definition) is 4. The molecular weight excluding hydrogens is 302 g/mol. The normalized spacial score (nSPS) is 20.0. The van der Waals surface area contributed by atoms with E-state index in [9.17, 15) is 13.2 Å². The van der Waals surface area contributed by atoms with E-state index in [2.05, 4.69) is 9.62 Å². The van der Waals surface area contributed by atoms with E-state index in [0.29, 0.717) is 11.3 Å². The first-order valence-electron chi connectivity index (χ1n) is 7.53. The largest absolute Gasteiger partial charge is 0.336 e. The van der Waals surface area contributed by atoms with Crippen molar-refractivity contribution in [1.82, 2.24) is 9.80 Å². The zero-order chi connectivity index (χ0) is 15.7. The van der Waals surface area contributed by atoms with Crippen molar-refractivity contribution in [3.8, 4) is 0 Å². The maximum absolute atomic E-state index is 12.5. The van der Waals surface area contributed by atoms with E-state index in [1.165, 1.54) is 12.8 Å². The van der Waals surface area contributed by atoms with Crippen LogP contribution in [0.4, 0.5) is 5.69 Å². The van der Waals surface area contributed by atoms with Crippen LogP contribution in [-0.2, 0) is 10.0 Å². The fourth-order valence-corrected chi connectivity index (χ4v) is 3.40. The smallest absolute Gasteiger partial charge is 0.254 e. The van der Waals surface area contributed by atoms with Gasteiger partial charge in [-0.1, -0.05) is 6.07 Å². The number of carbonyl (C=O) groups excluding carboxylic acids is 1. The molecule has 1 aliphatic heterocycles. The minimum absolute atomic E-state index is 0.0346. The number of nitrogens with zero attached hydrogens (tertiary/aromatic N) is 2. The molecule has 3 rings (SSSR count). The lowest BCUT2D eigenvalue weighted by molar-refractivity contribution is 0.0627. The topological polar surface area (TPSA) is 69.7 Å². The number of piperazine rings is 1. The van der Waals surface area contributed by atoms with Gasteiger partial charge in [-0.3, -0.25) is 14.4 Å². The van der Waals surface area contributed by atoms with Crippen LogP contribution in [0.25, 0.3) is 0 Å². The molecular formula is C15H21N3O3S. The summed E-state index contributed by atoms with van der Waals surface area (Å²) in [5, 5.41) is 0. The number of anilines is 1. The molecule has 1 aliphatic carbocycles. The molecule has 120 valence electrons. The summed E-state index contributed by atoms with van der Waals surface area (Å²) >= 11 is 0. The van der Waals surface area contributed by atoms with Crippen LogP contribution in [0.3, 0.4) is 0 Å². The maximum Gasteiger partial charge on any atom is 0.254 e. The Morgan fingerprint density at radius 3 is 2.45 bits per heavy atom. The van der Waals surface area contributed by atoms with Crippen molar-refractivity contribution in [2.24, 2.45) is 0 Å². The van der Waals surface area contributed by atoms with Crippen LogP contribution in [-0.4, -0.2) is 62.6 Å². The van der Waals surface area contributed by atoms with Gasteiger partial charge in [0.15, 0.2) is 0 Å². The zero-order valence-electron chi connectivity index (χ0n) is 12.7.